The van der Waals surface area contributed by atoms with E-state index in [9.17, 15) is 0 Å². The zero-order valence-corrected chi connectivity index (χ0v) is 8.59. The van der Waals surface area contributed by atoms with Crippen molar-refractivity contribution in [3.63, 3.8) is 0 Å². The van der Waals surface area contributed by atoms with Gasteiger partial charge in [0.25, 0.3) is 0 Å². The first-order valence-corrected chi connectivity index (χ1v) is 4.77. The van der Waals surface area contributed by atoms with E-state index in [1.54, 1.807) is 0 Å². The van der Waals surface area contributed by atoms with E-state index in [-0.39, 0.29) is 11.7 Å². The summed E-state index contributed by atoms with van der Waals surface area (Å²) >= 11 is 0. The molecule has 0 spiro atoms. The first-order chi connectivity index (χ1) is 5.50. The summed E-state index contributed by atoms with van der Waals surface area (Å²) in [6.07, 6.45) is 2.55. The monoisotopic (exact) mass is 172 g/mol. The van der Waals surface area contributed by atoms with Crippen molar-refractivity contribution in [2.45, 2.75) is 52.9 Å². The molecule has 0 saturated carbocycles. The van der Waals surface area contributed by atoms with Gasteiger partial charge in [0, 0.05) is 12.0 Å². The van der Waals surface area contributed by atoms with Crippen LogP contribution in [-0.4, -0.2) is 19.0 Å². The quantitative estimate of drug-likeness (QED) is 0.559. The Morgan fingerprint density at radius 1 is 1.25 bits per heavy atom. The molecule has 0 aromatic rings. The van der Waals surface area contributed by atoms with Gasteiger partial charge in [0.1, 0.15) is 0 Å². The largest absolute Gasteiger partial charge is 0.352 e. The molecule has 2 nitrogen and oxygen atoms in total. The molecule has 1 heterocycles. The molecule has 1 aliphatic rings. The zero-order valence-electron chi connectivity index (χ0n) is 8.59. The Morgan fingerprint density at radius 2 is 1.92 bits per heavy atom. The smallest absolute Gasteiger partial charge is 0.162 e. The van der Waals surface area contributed by atoms with Crippen LogP contribution in [0.15, 0.2) is 0 Å². The lowest BCUT2D eigenvalue weighted by atomic mass is 9.96. The van der Waals surface area contributed by atoms with Crippen LogP contribution >= 0.6 is 0 Å². The summed E-state index contributed by atoms with van der Waals surface area (Å²) in [5.41, 5.74) is 0.0958. The van der Waals surface area contributed by atoms with E-state index < -0.39 is 0 Å². The van der Waals surface area contributed by atoms with Gasteiger partial charge in [0.2, 0.25) is 0 Å². The van der Waals surface area contributed by atoms with Gasteiger partial charge in [-0.3, -0.25) is 0 Å². The molecule has 0 aromatic carbocycles. The molecular weight excluding hydrogens is 152 g/mol. The van der Waals surface area contributed by atoms with Crippen LogP contribution in [0.3, 0.4) is 0 Å². The minimum atomic E-state index is -0.0324. The van der Waals surface area contributed by atoms with Crippen molar-refractivity contribution in [1.82, 2.24) is 0 Å². The van der Waals surface area contributed by atoms with Crippen LogP contribution in [0.4, 0.5) is 0 Å². The van der Waals surface area contributed by atoms with Gasteiger partial charge in [0.05, 0.1) is 6.10 Å². The SMILES string of the molecule is C[C@@H]1CCCO[C@@H](C(C)(C)C)O1. The van der Waals surface area contributed by atoms with Crippen molar-refractivity contribution in [3.05, 3.63) is 0 Å². The Labute approximate surface area is 75.2 Å². The topological polar surface area (TPSA) is 18.5 Å². The maximum Gasteiger partial charge on any atom is 0.162 e. The third kappa shape index (κ3) is 2.76. The molecule has 72 valence electrons. The molecule has 0 amide bonds. The number of ether oxygens (including phenoxy) is 2. The molecule has 0 aliphatic carbocycles. The molecule has 0 radical (unpaired) electrons. The molecular formula is C10H20O2. The van der Waals surface area contributed by atoms with E-state index in [2.05, 4.69) is 27.7 Å². The summed E-state index contributed by atoms with van der Waals surface area (Å²) < 4.78 is 11.4. The van der Waals surface area contributed by atoms with Crippen LogP contribution in [0.1, 0.15) is 40.5 Å². The maximum absolute atomic E-state index is 5.75. The Morgan fingerprint density at radius 3 is 2.50 bits per heavy atom. The zero-order chi connectivity index (χ0) is 9.19. The third-order valence-electron chi connectivity index (χ3n) is 2.09. The van der Waals surface area contributed by atoms with Gasteiger partial charge in [-0.05, 0) is 19.8 Å². The van der Waals surface area contributed by atoms with Crippen LogP contribution in [0.2, 0.25) is 0 Å². The summed E-state index contributed by atoms with van der Waals surface area (Å²) in [7, 11) is 0. The Balaban J connectivity index is 2.52. The molecule has 0 aromatic heterocycles. The van der Waals surface area contributed by atoms with Gasteiger partial charge >= 0.3 is 0 Å². The van der Waals surface area contributed by atoms with Crippen LogP contribution in [0.5, 0.6) is 0 Å². The molecule has 0 unspecified atom stereocenters. The highest BCUT2D eigenvalue weighted by molar-refractivity contribution is 4.70. The summed E-state index contributed by atoms with van der Waals surface area (Å²) in [4.78, 5) is 0. The highest BCUT2D eigenvalue weighted by Crippen LogP contribution is 2.27. The Kier molecular flexibility index (Phi) is 3.13. The van der Waals surface area contributed by atoms with Gasteiger partial charge in [-0.25, -0.2) is 0 Å². The lowest BCUT2D eigenvalue weighted by Gasteiger charge is -2.30. The van der Waals surface area contributed by atoms with Crippen molar-refractivity contribution in [2.24, 2.45) is 5.41 Å². The van der Waals surface area contributed by atoms with Crippen molar-refractivity contribution in [3.8, 4) is 0 Å². The normalized spacial score (nSPS) is 33.0. The fourth-order valence-electron chi connectivity index (χ4n) is 1.33. The molecule has 1 fully saturated rings. The predicted octanol–water partition coefficient (Wildman–Crippen LogP) is 2.57. The number of rotatable bonds is 0. The summed E-state index contributed by atoms with van der Waals surface area (Å²) in [5.74, 6) is 0. The predicted molar refractivity (Wildman–Crippen MR) is 49.0 cm³/mol. The molecule has 2 atom stereocenters. The molecule has 1 aliphatic heterocycles. The van der Waals surface area contributed by atoms with E-state index >= 15 is 0 Å². The minimum Gasteiger partial charge on any atom is -0.352 e. The van der Waals surface area contributed by atoms with E-state index in [1.165, 1.54) is 0 Å². The highest BCUT2D eigenvalue weighted by atomic mass is 16.7. The molecule has 1 saturated heterocycles. The highest BCUT2D eigenvalue weighted by Gasteiger charge is 2.29. The second-order valence-electron chi connectivity index (χ2n) is 4.66. The van der Waals surface area contributed by atoms with E-state index in [4.69, 9.17) is 9.47 Å². The third-order valence-corrected chi connectivity index (χ3v) is 2.09. The van der Waals surface area contributed by atoms with Crippen LogP contribution in [0.25, 0.3) is 0 Å². The van der Waals surface area contributed by atoms with Gasteiger partial charge < -0.3 is 9.47 Å². The average molecular weight is 172 g/mol. The van der Waals surface area contributed by atoms with Gasteiger partial charge in [-0.15, -0.1) is 0 Å². The maximum atomic E-state index is 5.75. The first kappa shape index (κ1) is 10.0. The minimum absolute atomic E-state index is 0.0324. The number of hydrogen-bond donors (Lipinski definition) is 0. The summed E-state index contributed by atoms with van der Waals surface area (Å²) in [6.45, 7) is 9.40. The van der Waals surface area contributed by atoms with Crippen molar-refractivity contribution < 1.29 is 9.47 Å². The second kappa shape index (κ2) is 3.75. The Bertz CT molecular complexity index is 137. The van der Waals surface area contributed by atoms with Gasteiger partial charge in [-0.1, -0.05) is 20.8 Å². The van der Waals surface area contributed by atoms with Gasteiger partial charge in [0.15, 0.2) is 6.29 Å². The van der Waals surface area contributed by atoms with Crippen LogP contribution < -0.4 is 0 Å². The van der Waals surface area contributed by atoms with E-state index in [1.807, 2.05) is 0 Å². The second-order valence-corrected chi connectivity index (χ2v) is 4.66. The fourth-order valence-corrected chi connectivity index (χ4v) is 1.33. The molecule has 0 bridgehead atoms. The van der Waals surface area contributed by atoms with Crippen LogP contribution in [0, 0.1) is 5.41 Å². The molecule has 12 heavy (non-hydrogen) atoms. The summed E-state index contributed by atoms with van der Waals surface area (Å²) in [6, 6.07) is 0. The lowest BCUT2D eigenvalue weighted by Crippen LogP contribution is -2.33. The summed E-state index contributed by atoms with van der Waals surface area (Å²) in [5, 5.41) is 0. The fraction of sp³-hybridized carbons (Fsp3) is 1.00. The number of hydrogen-bond acceptors (Lipinski definition) is 2. The Hall–Kier alpha value is -0.0800. The lowest BCUT2D eigenvalue weighted by molar-refractivity contribution is -0.199. The molecule has 0 N–H and O–H groups in total. The van der Waals surface area contributed by atoms with Crippen molar-refractivity contribution in [1.29, 1.82) is 0 Å². The molecule has 1 rings (SSSR count). The van der Waals surface area contributed by atoms with E-state index in [0.717, 1.165) is 19.4 Å². The first-order valence-electron chi connectivity index (χ1n) is 4.77. The van der Waals surface area contributed by atoms with Gasteiger partial charge in [-0.2, -0.15) is 0 Å². The van der Waals surface area contributed by atoms with Crippen molar-refractivity contribution >= 4 is 0 Å². The molecule has 2 heteroatoms. The van der Waals surface area contributed by atoms with Crippen molar-refractivity contribution in [2.75, 3.05) is 6.61 Å². The van der Waals surface area contributed by atoms with E-state index in [0.29, 0.717) is 6.10 Å². The standard InChI is InChI=1S/C10H20O2/c1-8-6-5-7-11-9(12-8)10(2,3)4/h8-9H,5-7H2,1-4H3/t8-,9-/m1/s1. The average Bonchev–Trinajstić information content (AvgIpc) is 2.11. The van der Waals surface area contributed by atoms with Crippen LogP contribution in [-0.2, 0) is 9.47 Å².